The summed E-state index contributed by atoms with van der Waals surface area (Å²) >= 11 is 13.4. The van der Waals surface area contributed by atoms with Crippen LogP contribution in [0, 0.1) is 25.2 Å². The Kier molecular flexibility index (Phi) is 16.3. The van der Waals surface area contributed by atoms with E-state index in [9.17, 15) is 25.4 Å². The Morgan fingerprint density at radius 3 is 1.83 bits per heavy atom. The molecule has 0 radical (unpaired) electrons. The number of aliphatic hydroxyl groups excluding tert-OH is 2. The van der Waals surface area contributed by atoms with Crippen LogP contribution in [0.2, 0.25) is 10.0 Å². The molecule has 0 spiro atoms. The van der Waals surface area contributed by atoms with Crippen LogP contribution in [0.3, 0.4) is 0 Å². The second-order valence-corrected chi connectivity index (χ2v) is 15.7. The first-order valence-corrected chi connectivity index (χ1v) is 20.9. The number of benzene rings is 4. The van der Waals surface area contributed by atoms with Gasteiger partial charge >= 0.3 is 5.97 Å². The number of carboxylic acids is 1. The van der Waals surface area contributed by atoms with E-state index in [-0.39, 0.29) is 39.6 Å². The molecule has 6 rings (SSSR count). The van der Waals surface area contributed by atoms with E-state index in [0.717, 1.165) is 44.5 Å². The number of pyridine rings is 2. The molecule has 2 atom stereocenters. The first-order chi connectivity index (χ1) is 30.9. The van der Waals surface area contributed by atoms with Gasteiger partial charge in [-0.2, -0.15) is 5.26 Å². The van der Waals surface area contributed by atoms with Crippen molar-refractivity contribution in [1.29, 1.82) is 5.26 Å². The van der Waals surface area contributed by atoms with Crippen molar-refractivity contribution in [1.82, 2.24) is 15.3 Å². The molecule has 6 aromatic rings. The predicted octanol–water partition coefficient (Wildman–Crippen LogP) is 8.72. The molecule has 2 aromatic heterocycles. The van der Waals surface area contributed by atoms with Crippen molar-refractivity contribution < 1.29 is 39.1 Å². The van der Waals surface area contributed by atoms with Crippen LogP contribution >= 0.6 is 23.2 Å². The molecule has 15 heteroatoms. The van der Waals surface area contributed by atoms with Gasteiger partial charge < -0.3 is 34.3 Å². The summed E-state index contributed by atoms with van der Waals surface area (Å²) in [7, 11) is 1.68. The average Bonchev–Trinajstić information content (AvgIpc) is 3.28. The van der Waals surface area contributed by atoms with E-state index in [1.54, 1.807) is 62.2 Å². The van der Waals surface area contributed by atoms with Gasteiger partial charge in [-0.25, -0.2) is 0 Å². The van der Waals surface area contributed by atoms with Crippen molar-refractivity contribution in [3.8, 4) is 40.2 Å². The van der Waals surface area contributed by atoms with E-state index in [4.69, 9.17) is 42.1 Å². The summed E-state index contributed by atoms with van der Waals surface area (Å²) in [5.74, 6) is 0.353. The molecule has 13 nitrogen and oxygen atoms in total. The Balaban J connectivity index is 1.19. The summed E-state index contributed by atoms with van der Waals surface area (Å²) in [6.45, 7) is 5.86. The third-order valence-corrected chi connectivity index (χ3v) is 11.0. The molecule has 0 aliphatic heterocycles. The predicted molar refractivity (Wildman–Crippen MR) is 244 cm³/mol. The molecule has 4 N–H and O–H groups in total. The van der Waals surface area contributed by atoms with Crippen LogP contribution in [-0.4, -0.2) is 56.7 Å². The second kappa shape index (κ2) is 22.2. The van der Waals surface area contributed by atoms with Gasteiger partial charge in [-0.1, -0.05) is 59.6 Å². The highest BCUT2D eigenvalue weighted by Gasteiger charge is 2.24. The molecular weight excluding hydrogens is 857 g/mol. The first kappa shape index (κ1) is 47.0. The maximum Gasteiger partial charge on any atom is 0.323 e. The normalized spacial score (nSPS) is 12.1. The minimum Gasteiger partial charge on any atom is -0.488 e. The van der Waals surface area contributed by atoms with Gasteiger partial charge in [0.15, 0.2) is 0 Å². The Hall–Kier alpha value is -6.53. The van der Waals surface area contributed by atoms with Crippen LogP contribution in [0.1, 0.15) is 62.6 Å². The van der Waals surface area contributed by atoms with E-state index in [1.807, 2.05) is 44.2 Å². The average molecular weight is 905 g/mol. The zero-order chi connectivity index (χ0) is 45.8. The fourth-order valence-corrected chi connectivity index (χ4v) is 7.40. The maximum atomic E-state index is 11.8. The molecule has 2 heterocycles. The van der Waals surface area contributed by atoms with E-state index in [2.05, 4.69) is 38.5 Å². The standard InChI is InChI=1S/C49H47Cl2N5O8/c1-29-36(27-63-46-15-44(61-26-35-12-33(18-53-4)20-55-22-35)38(13-42(46)50)23-56-48(31(3)58)49(59)60)7-5-9-40(29)41-10-6-8-37(30(41)2)28-64-47-16-45(39(24-57)14-43(47)51)62-25-34-11-32(17-52)19-54-21-34/h5-16,18-22,31,48,56-58H,23-28H2,1-4H3,(H,59,60)/t31-,48-/m1/s1. The number of nitrogens with one attached hydrogen (secondary N) is 1. The fourth-order valence-electron chi connectivity index (χ4n) is 6.92. The van der Waals surface area contributed by atoms with Crippen molar-refractivity contribution in [2.24, 2.45) is 4.99 Å². The molecule has 0 aliphatic rings. The van der Waals surface area contributed by atoms with E-state index >= 15 is 0 Å². The summed E-state index contributed by atoms with van der Waals surface area (Å²) in [6, 6.07) is 23.1. The van der Waals surface area contributed by atoms with Crippen molar-refractivity contribution in [3.05, 3.63) is 163 Å². The number of carbonyl (C=O) groups is 1. The van der Waals surface area contributed by atoms with E-state index in [0.29, 0.717) is 55.3 Å². The van der Waals surface area contributed by atoms with Crippen LogP contribution < -0.4 is 24.3 Å². The minimum atomic E-state index is -1.22. The number of aromatic nitrogens is 2. The molecule has 0 fully saturated rings. The lowest BCUT2D eigenvalue weighted by atomic mass is 9.92. The zero-order valence-electron chi connectivity index (χ0n) is 35.6. The number of ether oxygens (including phenoxy) is 4. The highest BCUT2D eigenvalue weighted by molar-refractivity contribution is 6.32. The Morgan fingerprint density at radius 2 is 1.30 bits per heavy atom. The quantitative estimate of drug-likeness (QED) is 0.0535. The van der Waals surface area contributed by atoms with E-state index in [1.165, 1.54) is 13.1 Å². The van der Waals surface area contributed by atoms with Gasteiger partial charge in [-0.05, 0) is 78.4 Å². The first-order valence-electron chi connectivity index (χ1n) is 20.2. The zero-order valence-corrected chi connectivity index (χ0v) is 37.2. The number of nitriles is 1. The van der Waals surface area contributed by atoms with Crippen LogP contribution in [0.25, 0.3) is 11.1 Å². The molecule has 0 saturated heterocycles. The van der Waals surface area contributed by atoms with Gasteiger partial charge in [-0.3, -0.25) is 25.1 Å². The fraction of sp³-hybridized carbons (Fsp3) is 0.245. The Morgan fingerprint density at radius 1 is 0.766 bits per heavy atom. The number of rotatable bonds is 20. The number of nitrogens with zero attached hydrogens (tertiary/aromatic N) is 4. The summed E-state index contributed by atoms with van der Waals surface area (Å²) in [4.78, 5) is 24.2. The molecule has 0 bridgehead atoms. The third-order valence-electron chi connectivity index (χ3n) is 10.4. The number of carboxylic acid groups (broad SMARTS) is 1. The maximum absolute atomic E-state index is 11.8. The summed E-state index contributed by atoms with van der Waals surface area (Å²) in [5, 5.41) is 42.4. The smallest absolute Gasteiger partial charge is 0.323 e. The number of aliphatic carboxylic acids is 1. The largest absolute Gasteiger partial charge is 0.488 e. The molecule has 0 aliphatic carbocycles. The molecule has 64 heavy (non-hydrogen) atoms. The van der Waals surface area contributed by atoms with Gasteiger partial charge in [0.25, 0.3) is 0 Å². The molecule has 0 amide bonds. The molecule has 0 unspecified atom stereocenters. The number of halogens is 2. The SMILES string of the molecule is CN=Cc1cncc(COc2cc(OCc3cccc(-c4cccc(COc5cc(OCc6cncc(C#N)c6)c(CO)cc5Cl)c4C)c3C)c(Cl)cc2CN[C@@H](C(=O)O)[C@@H](C)O)c1. The third kappa shape index (κ3) is 11.9. The van der Waals surface area contributed by atoms with Gasteiger partial charge in [-0.15, -0.1) is 0 Å². The minimum absolute atomic E-state index is 0.0412. The number of hydrogen-bond acceptors (Lipinski definition) is 12. The summed E-state index contributed by atoms with van der Waals surface area (Å²) < 4.78 is 24.9. The molecule has 330 valence electrons. The van der Waals surface area contributed by atoms with Crippen LogP contribution in [0.5, 0.6) is 23.0 Å². The lowest BCUT2D eigenvalue weighted by molar-refractivity contribution is -0.142. The van der Waals surface area contributed by atoms with Gasteiger partial charge in [0.2, 0.25) is 0 Å². The van der Waals surface area contributed by atoms with Crippen molar-refractivity contribution in [2.45, 2.75) is 72.5 Å². The highest BCUT2D eigenvalue weighted by Crippen LogP contribution is 2.37. The number of aliphatic imine (C=N–C) groups is 1. The van der Waals surface area contributed by atoms with Crippen molar-refractivity contribution >= 4 is 35.4 Å². The number of aliphatic hydroxyl groups is 2. The highest BCUT2D eigenvalue weighted by atomic mass is 35.5. The van der Waals surface area contributed by atoms with Crippen LogP contribution in [0.4, 0.5) is 0 Å². The van der Waals surface area contributed by atoms with Gasteiger partial charge in [0, 0.05) is 84.5 Å². The Labute approximate surface area is 381 Å². The van der Waals surface area contributed by atoms with Crippen LogP contribution in [0.15, 0.2) is 103 Å². The van der Waals surface area contributed by atoms with Gasteiger partial charge in [0.05, 0.1) is 28.3 Å². The molecule has 0 saturated carbocycles. The monoisotopic (exact) mass is 903 g/mol. The lowest BCUT2D eigenvalue weighted by Gasteiger charge is -2.20. The topological polar surface area (TPSA) is 189 Å². The molecule has 4 aromatic carbocycles. The molecular formula is C49H47Cl2N5O8. The summed E-state index contributed by atoms with van der Waals surface area (Å²) in [6.07, 6.45) is 7.00. The summed E-state index contributed by atoms with van der Waals surface area (Å²) in [5.41, 5.74) is 9.62. The number of hydrogen-bond donors (Lipinski definition) is 4. The van der Waals surface area contributed by atoms with Crippen molar-refractivity contribution in [3.63, 3.8) is 0 Å². The lowest BCUT2D eigenvalue weighted by Crippen LogP contribution is -2.44. The van der Waals surface area contributed by atoms with Crippen molar-refractivity contribution in [2.75, 3.05) is 7.05 Å². The van der Waals surface area contributed by atoms with Crippen LogP contribution in [-0.2, 0) is 44.4 Å². The van der Waals surface area contributed by atoms with Gasteiger partial charge in [0.1, 0.15) is 61.5 Å². The van der Waals surface area contributed by atoms with E-state index < -0.39 is 18.1 Å². The second-order valence-electron chi connectivity index (χ2n) is 14.9. The Bertz CT molecular complexity index is 2690.